The van der Waals surface area contributed by atoms with Crippen molar-refractivity contribution in [2.24, 2.45) is 5.41 Å². The smallest absolute Gasteiger partial charge is 0.338 e. The van der Waals surface area contributed by atoms with Gasteiger partial charge in [-0.25, -0.2) is 9.59 Å². The van der Waals surface area contributed by atoms with Crippen LogP contribution in [0.1, 0.15) is 59.3 Å². The molecule has 1 amide bonds. The van der Waals surface area contributed by atoms with Gasteiger partial charge in [0.15, 0.2) is 0 Å². The lowest BCUT2D eigenvalue weighted by atomic mass is 9.76. The highest BCUT2D eigenvalue weighted by atomic mass is 16.5. The number of esters is 2. The fourth-order valence-corrected chi connectivity index (χ4v) is 5.95. The van der Waals surface area contributed by atoms with E-state index < -0.39 is 0 Å². The highest BCUT2D eigenvalue weighted by Crippen LogP contribution is 2.46. The van der Waals surface area contributed by atoms with Gasteiger partial charge >= 0.3 is 11.9 Å². The van der Waals surface area contributed by atoms with Crippen LogP contribution in [0.25, 0.3) is 0 Å². The van der Waals surface area contributed by atoms with Crippen LogP contribution in [-0.4, -0.2) is 67.0 Å². The van der Waals surface area contributed by atoms with Gasteiger partial charge in [-0.3, -0.25) is 4.79 Å². The van der Waals surface area contributed by atoms with Crippen molar-refractivity contribution in [1.82, 2.24) is 9.80 Å². The number of piperidine rings is 1. The second-order valence-corrected chi connectivity index (χ2v) is 9.66. The fraction of sp³-hybridized carbons (Fsp3) is 0.560. The number of nitrogens with zero attached hydrogens (tertiary/aromatic N) is 2. The predicted octanol–water partition coefficient (Wildman–Crippen LogP) is 2.50. The first-order chi connectivity index (χ1) is 15.8. The van der Waals surface area contributed by atoms with Crippen molar-refractivity contribution in [2.75, 3.05) is 33.4 Å². The maximum absolute atomic E-state index is 13.4. The van der Waals surface area contributed by atoms with Crippen molar-refractivity contribution >= 4 is 17.8 Å². The number of rotatable bonds is 5. The SMILES string of the molecule is CO[C@@H](CN1CCC2(CC1)C[C@H](C)N(C1=CC(=O)OC1)C2=O)c1ccc2c(c1C)COC2=O. The molecule has 4 heterocycles. The molecule has 1 aromatic carbocycles. The van der Waals surface area contributed by atoms with Crippen LogP contribution >= 0.6 is 0 Å². The number of carbonyl (C=O) groups excluding carboxylic acids is 3. The molecule has 176 valence electrons. The van der Waals surface area contributed by atoms with E-state index in [1.807, 2.05) is 19.1 Å². The largest absolute Gasteiger partial charge is 0.457 e. The zero-order valence-corrected chi connectivity index (χ0v) is 19.4. The molecule has 4 aliphatic rings. The summed E-state index contributed by atoms with van der Waals surface area (Å²) in [5.74, 6) is -0.505. The fourth-order valence-electron chi connectivity index (χ4n) is 5.95. The number of benzene rings is 1. The highest BCUT2D eigenvalue weighted by Gasteiger charge is 2.52. The number of carbonyl (C=O) groups is 3. The van der Waals surface area contributed by atoms with E-state index in [0.717, 1.165) is 55.6 Å². The van der Waals surface area contributed by atoms with E-state index in [4.69, 9.17) is 14.2 Å². The molecule has 0 radical (unpaired) electrons. The van der Waals surface area contributed by atoms with Gasteiger partial charge in [0.1, 0.15) is 13.2 Å². The van der Waals surface area contributed by atoms with Crippen molar-refractivity contribution in [3.63, 3.8) is 0 Å². The molecule has 4 aliphatic heterocycles. The third kappa shape index (κ3) is 3.65. The Morgan fingerprint density at radius 1 is 1.15 bits per heavy atom. The number of cyclic esters (lactones) is 2. The van der Waals surface area contributed by atoms with Crippen molar-refractivity contribution in [2.45, 2.75) is 51.9 Å². The van der Waals surface area contributed by atoms with E-state index in [2.05, 4.69) is 11.8 Å². The third-order valence-corrected chi connectivity index (χ3v) is 7.83. The van der Waals surface area contributed by atoms with Crippen LogP contribution in [-0.2, 0) is 30.4 Å². The van der Waals surface area contributed by atoms with Gasteiger partial charge in [-0.1, -0.05) is 6.07 Å². The minimum atomic E-state index is -0.371. The molecule has 33 heavy (non-hydrogen) atoms. The lowest BCUT2D eigenvalue weighted by molar-refractivity contribution is -0.139. The number of hydrogen-bond acceptors (Lipinski definition) is 7. The molecule has 1 aromatic rings. The normalized spacial score (nSPS) is 25.3. The zero-order chi connectivity index (χ0) is 23.3. The molecule has 8 nitrogen and oxygen atoms in total. The van der Waals surface area contributed by atoms with E-state index in [1.165, 1.54) is 6.08 Å². The summed E-state index contributed by atoms with van der Waals surface area (Å²) in [4.78, 5) is 40.9. The summed E-state index contributed by atoms with van der Waals surface area (Å²) in [6, 6.07) is 3.87. The lowest BCUT2D eigenvalue weighted by Gasteiger charge is -2.39. The molecular formula is C25H30N2O6. The molecule has 2 saturated heterocycles. The van der Waals surface area contributed by atoms with Gasteiger partial charge in [-0.05, 0) is 63.4 Å². The van der Waals surface area contributed by atoms with Crippen molar-refractivity contribution in [1.29, 1.82) is 0 Å². The van der Waals surface area contributed by atoms with Gasteiger partial charge < -0.3 is 24.0 Å². The maximum Gasteiger partial charge on any atom is 0.338 e. The number of ether oxygens (including phenoxy) is 3. The van der Waals surface area contributed by atoms with Gasteiger partial charge in [0.25, 0.3) is 0 Å². The molecule has 2 fully saturated rings. The summed E-state index contributed by atoms with van der Waals surface area (Å²) in [5.41, 5.74) is 4.04. The van der Waals surface area contributed by atoms with Crippen LogP contribution in [0.15, 0.2) is 23.9 Å². The van der Waals surface area contributed by atoms with Gasteiger partial charge in [-0.2, -0.15) is 0 Å². The minimum absolute atomic E-state index is 0.0653. The first kappa shape index (κ1) is 22.1. The van der Waals surface area contributed by atoms with Gasteiger partial charge in [0.2, 0.25) is 5.91 Å². The molecule has 0 aliphatic carbocycles. The Balaban J connectivity index is 1.26. The summed E-state index contributed by atoms with van der Waals surface area (Å²) >= 11 is 0. The van der Waals surface area contributed by atoms with Gasteiger partial charge in [-0.15, -0.1) is 0 Å². The highest BCUT2D eigenvalue weighted by molar-refractivity contribution is 5.94. The molecule has 1 spiro atoms. The van der Waals surface area contributed by atoms with Gasteiger partial charge in [0, 0.05) is 31.3 Å². The van der Waals surface area contributed by atoms with Crippen LogP contribution in [0, 0.1) is 12.3 Å². The van der Waals surface area contributed by atoms with Crippen molar-refractivity contribution < 1.29 is 28.6 Å². The summed E-state index contributed by atoms with van der Waals surface area (Å²) in [5, 5.41) is 0. The average molecular weight is 455 g/mol. The molecule has 0 bridgehead atoms. The van der Waals surface area contributed by atoms with Crippen molar-refractivity contribution in [3.05, 3.63) is 46.2 Å². The van der Waals surface area contributed by atoms with E-state index in [0.29, 0.717) is 17.9 Å². The zero-order valence-electron chi connectivity index (χ0n) is 19.4. The predicted molar refractivity (Wildman–Crippen MR) is 118 cm³/mol. The molecule has 2 atom stereocenters. The molecule has 8 heteroatoms. The van der Waals surface area contributed by atoms with Gasteiger partial charge in [0.05, 0.1) is 22.8 Å². The Hall–Kier alpha value is -2.71. The molecule has 0 unspecified atom stereocenters. The monoisotopic (exact) mass is 454 g/mol. The van der Waals surface area contributed by atoms with E-state index >= 15 is 0 Å². The third-order valence-electron chi connectivity index (χ3n) is 7.83. The lowest BCUT2D eigenvalue weighted by Crippen LogP contribution is -2.45. The number of likely N-dealkylation sites (tertiary alicyclic amines) is 2. The number of methoxy groups -OCH3 is 1. The summed E-state index contributed by atoms with van der Waals surface area (Å²) < 4.78 is 16.1. The topological polar surface area (TPSA) is 85.4 Å². The van der Waals surface area contributed by atoms with E-state index in [1.54, 1.807) is 12.0 Å². The Labute approximate surface area is 193 Å². The van der Waals surface area contributed by atoms with Crippen molar-refractivity contribution in [3.8, 4) is 0 Å². The first-order valence-electron chi connectivity index (χ1n) is 11.6. The number of amides is 1. The van der Waals surface area contributed by atoms with E-state index in [9.17, 15) is 14.4 Å². The van der Waals surface area contributed by atoms with Crippen LogP contribution in [0.4, 0.5) is 0 Å². The molecule has 5 rings (SSSR count). The number of fused-ring (bicyclic) bond motifs is 1. The maximum atomic E-state index is 13.4. The van der Waals surface area contributed by atoms with E-state index in [-0.39, 0.29) is 42.0 Å². The molecule has 0 N–H and O–H groups in total. The Morgan fingerprint density at radius 3 is 2.58 bits per heavy atom. The summed E-state index contributed by atoms with van der Waals surface area (Å²) in [6.45, 7) is 6.92. The van der Waals surface area contributed by atoms with Crippen LogP contribution in [0.3, 0.4) is 0 Å². The van der Waals surface area contributed by atoms with Crippen LogP contribution in [0.2, 0.25) is 0 Å². The van der Waals surface area contributed by atoms with Crippen LogP contribution < -0.4 is 0 Å². The van der Waals surface area contributed by atoms with Crippen LogP contribution in [0.5, 0.6) is 0 Å². The average Bonchev–Trinajstić information content (AvgIpc) is 3.45. The molecular weight excluding hydrogens is 424 g/mol. The number of hydrogen-bond donors (Lipinski definition) is 0. The molecule has 0 saturated carbocycles. The second-order valence-electron chi connectivity index (χ2n) is 9.66. The molecule has 0 aromatic heterocycles. The first-order valence-corrected chi connectivity index (χ1v) is 11.6. The minimum Gasteiger partial charge on any atom is -0.457 e. The standard InChI is InChI=1S/C25H30N2O6/c1-15-11-25(24(30)27(15)17-10-22(28)32-13-17)6-8-26(9-7-25)12-21(31-3)18-4-5-19-20(16(18)2)14-33-23(19)29/h4-5,10,15,21H,6-9,11-14H2,1-3H3/t15-,21-/m0/s1. The Morgan fingerprint density at radius 2 is 1.91 bits per heavy atom. The summed E-state index contributed by atoms with van der Waals surface area (Å²) in [7, 11) is 1.71. The Bertz CT molecular complexity index is 1040. The summed E-state index contributed by atoms with van der Waals surface area (Å²) in [6.07, 6.45) is 3.70. The quantitative estimate of drug-likeness (QED) is 0.632. The Kier molecular flexibility index (Phi) is 5.53. The second kappa shape index (κ2) is 8.25.